The predicted molar refractivity (Wildman–Crippen MR) is 268 cm³/mol. The van der Waals surface area contributed by atoms with Gasteiger partial charge in [0.1, 0.15) is 15.7 Å². The van der Waals surface area contributed by atoms with Crippen molar-refractivity contribution in [1.82, 2.24) is 0 Å². The van der Waals surface area contributed by atoms with E-state index in [0.29, 0.717) is 11.6 Å². The van der Waals surface area contributed by atoms with E-state index < -0.39 is 0 Å². The molecule has 2 aliphatic carbocycles. The Bertz CT molecular complexity index is 2990. The van der Waals surface area contributed by atoms with E-state index in [1.807, 2.05) is 13.9 Å². The van der Waals surface area contributed by atoms with Crippen LogP contribution < -0.4 is 21.4 Å². The largest absolute Gasteiger partial charge is 0.523 e. The Kier molecular flexibility index (Phi) is 10.6. The van der Waals surface area contributed by atoms with E-state index in [0.717, 1.165) is 40.8 Å². The average molecular weight is 769 g/mol. The summed E-state index contributed by atoms with van der Waals surface area (Å²) in [6, 6.07) is 20.5. The molecule has 1 nitrogen and oxygen atoms in total. The molecular formula is C55H59B3O. The van der Waals surface area contributed by atoms with Crippen molar-refractivity contribution in [2.24, 2.45) is 0 Å². The van der Waals surface area contributed by atoms with E-state index in [1.54, 1.807) is 0 Å². The number of aliphatic hydroxyl groups is 1. The Morgan fingerprint density at radius 1 is 0.695 bits per heavy atom. The van der Waals surface area contributed by atoms with Gasteiger partial charge in [-0.2, -0.15) is 0 Å². The number of fused-ring (bicyclic) bond motifs is 2. The monoisotopic (exact) mass is 768 g/mol. The first kappa shape index (κ1) is 40.6. The zero-order chi connectivity index (χ0) is 42.2. The Balaban J connectivity index is 1.62. The fourth-order valence-electron chi connectivity index (χ4n) is 10.5. The van der Waals surface area contributed by atoms with Crippen LogP contribution in [0, 0.1) is 48.5 Å². The summed E-state index contributed by atoms with van der Waals surface area (Å²) in [6.45, 7) is 25.1. The minimum atomic E-state index is 0.335. The molecular weight excluding hydrogens is 709 g/mol. The number of allylic oxidation sites excluding steroid dienone is 5. The molecule has 2 aliphatic rings. The summed E-state index contributed by atoms with van der Waals surface area (Å²) < 4.78 is 0. The smallest absolute Gasteiger partial charge is 0.186 e. The Morgan fingerprint density at radius 2 is 1.32 bits per heavy atom. The van der Waals surface area contributed by atoms with E-state index in [-0.39, 0.29) is 0 Å². The molecule has 6 aromatic carbocycles. The van der Waals surface area contributed by atoms with Crippen LogP contribution in [0.5, 0.6) is 0 Å². The van der Waals surface area contributed by atoms with Crippen molar-refractivity contribution in [3.63, 3.8) is 0 Å². The van der Waals surface area contributed by atoms with Crippen LogP contribution in [-0.4, -0.2) is 28.6 Å². The van der Waals surface area contributed by atoms with Crippen molar-refractivity contribution in [2.45, 2.75) is 100 Å². The van der Waals surface area contributed by atoms with E-state index >= 15 is 0 Å². The molecule has 1 saturated carbocycles. The first-order valence-corrected chi connectivity index (χ1v) is 22.0. The number of aliphatic hydroxyl groups excluding tert-OH is 1. The third kappa shape index (κ3) is 6.41. The lowest BCUT2D eigenvalue weighted by atomic mass is 9.72. The third-order valence-electron chi connectivity index (χ3n) is 14.6. The zero-order valence-electron chi connectivity index (χ0n) is 37.7. The summed E-state index contributed by atoms with van der Waals surface area (Å²) in [5.74, 6) is 0.606. The summed E-state index contributed by atoms with van der Waals surface area (Å²) in [4.78, 5) is 0. The molecule has 0 unspecified atom stereocenters. The maximum absolute atomic E-state index is 12.4. The SMILES string of the molecule is B/C(O)=c1\c(-c2c(C)c(C)cc3c(C4CC4)c(C)c(B)c(C)c23)c2c(C)c(B)c(C)c(C)c2c(-c2ccc(CC)c(C3=CCCC=C3c3ccccc3)c2)\c1=C(/C)C=C. The van der Waals surface area contributed by atoms with Gasteiger partial charge in [0.05, 0.1) is 5.66 Å². The lowest BCUT2D eigenvalue weighted by Gasteiger charge is -2.27. The van der Waals surface area contributed by atoms with Crippen LogP contribution >= 0.6 is 0 Å². The Labute approximate surface area is 355 Å². The molecule has 8 rings (SSSR count). The summed E-state index contributed by atoms with van der Waals surface area (Å²) in [5, 5.41) is 19.6. The third-order valence-corrected chi connectivity index (χ3v) is 14.6. The van der Waals surface area contributed by atoms with Gasteiger partial charge in [-0.05, 0) is 210 Å². The van der Waals surface area contributed by atoms with Crippen LogP contribution in [0.25, 0.3) is 66.2 Å². The van der Waals surface area contributed by atoms with E-state index in [1.165, 1.54) is 134 Å². The fraction of sp³-hybridized carbons (Fsp3) is 0.273. The van der Waals surface area contributed by atoms with E-state index in [2.05, 4.69) is 151 Å². The van der Waals surface area contributed by atoms with Crippen LogP contribution in [-0.2, 0) is 6.42 Å². The van der Waals surface area contributed by atoms with Gasteiger partial charge < -0.3 is 5.11 Å². The van der Waals surface area contributed by atoms with Crippen molar-refractivity contribution in [3.8, 4) is 22.3 Å². The number of hydrogen-bond donors (Lipinski definition) is 1. The highest BCUT2D eigenvalue weighted by Crippen LogP contribution is 2.49. The molecule has 0 atom stereocenters. The lowest BCUT2D eigenvalue weighted by Crippen LogP contribution is -2.35. The van der Waals surface area contributed by atoms with Crippen molar-refractivity contribution in [3.05, 3.63) is 151 Å². The van der Waals surface area contributed by atoms with Gasteiger partial charge >= 0.3 is 0 Å². The van der Waals surface area contributed by atoms with E-state index in [9.17, 15) is 5.11 Å². The second-order valence-electron chi connectivity index (χ2n) is 17.8. The normalized spacial score (nSPS) is 15.3. The van der Waals surface area contributed by atoms with Crippen LogP contribution in [0.3, 0.4) is 0 Å². The maximum Gasteiger partial charge on any atom is 0.186 e. The Morgan fingerprint density at radius 3 is 1.95 bits per heavy atom. The second kappa shape index (κ2) is 15.4. The van der Waals surface area contributed by atoms with Gasteiger partial charge in [-0.1, -0.05) is 102 Å². The molecule has 6 aromatic rings. The zero-order valence-corrected chi connectivity index (χ0v) is 37.7. The topological polar surface area (TPSA) is 20.2 Å². The van der Waals surface area contributed by atoms with Crippen LogP contribution in [0.15, 0.2) is 79.4 Å². The fourth-order valence-corrected chi connectivity index (χ4v) is 10.5. The average Bonchev–Trinajstić information content (AvgIpc) is 4.09. The molecule has 0 amide bonds. The molecule has 294 valence electrons. The predicted octanol–water partition coefficient (Wildman–Crippen LogP) is 9.32. The molecule has 4 heteroatoms. The minimum Gasteiger partial charge on any atom is -0.523 e. The summed E-state index contributed by atoms with van der Waals surface area (Å²) in [5.41, 5.74) is 26.1. The first-order chi connectivity index (χ1) is 28.2. The van der Waals surface area contributed by atoms with Crippen LogP contribution in [0.1, 0.15) is 107 Å². The summed E-state index contributed by atoms with van der Waals surface area (Å²) in [6.07, 6.45) is 12.4. The van der Waals surface area contributed by atoms with Gasteiger partial charge in [-0.15, -0.1) is 0 Å². The first-order valence-electron chi connectivity index (χ1n) is 22.0. The van der Waals surface area contributed by atoms with Gasteiger partial charge in [-0.25, -0.2) is 0 Å². The molecule has 1 N–H and O–H groups in total. The van der Waals surface area contributed by atoms with Gasteiger partial charge in [-0.3, -0.25) is 0 Å². The van der Waals surface area contributed by atoms with Gasteiger partial charge in [0, 0.05) is 10.8 Å². The van der Waals surface area contributed by atoms with Crippen LogP contribution in [0.4, 0.5) is 0 Å². The molecule has 1 fully saturated rings. The summed E-state index contributed by atoms with van der Waals surface area (Å²) in [7, 11) is 6.51. The second-order valence-corrected chi connectivity index (χ2v) is 17.8. The van der Waals surface area contributed by atoms with Gasteiger partial charge in [0.2, 0.25) is 0 Å². The molecule has 59 heavy (non-hydrogen) atoms. The number of aryl methyl sites for hydroxylation is 5. The van der Waals surface area contributed by atoms with Crippen molar-refractivity contribution in [1.29, 1.82) is 0 Å². The van der Waals surface area contributed by atoms with E-state index in [4.69, 9.17) is 0 Å². The number of benzene rings is 6. The van der Waals surface area contributed by atoms with Crippen molar-refractivity contribution < 1.29 is 5.11 Å². The molecule has 0 bridgehead atoms. The maximum atomic E-state index is 12.4. The quantitative estimate of drug-likeness (QED) is 0.161. The standard InChI is InChI=1S/C55H59B3O/c1-11-28(3)44-50(39-25-22-36(12-2)42(27-39)41-21-17-16-20-40(41)37-18-14-13-15-19-37)48-31(6)32(7)53(56)35(10)49(48)51(52(44)55(58)59)47-30(5)29(4)26-43-45(38-23-24-38)33(8)54(57)34(9)46(43)47/h11,13-15,18-22,25-27,38,59H,1,12,16-17,23-24,56-58H2,2-10H3/b44-28-,55-52+. The summed E-state index contributed by atoms with van der Waals surface area (Å²) >= 11 is 0. The van der Waals surface area contributed by atoms with Gasteiger partial charge in [0.25, 0.3) is 0 Å². The van der Waals surface area contributed by atoms with Crippen molar-refractivity contribution in [2.75, 3.05) is 0 Å². The molecule has 0 spiro atoms. The highest BCUT2D eigenvalue weighted by atomic mass is 16.3. The molecule has 0 aromatic heterocycles. The molecule has 0 radical (unpaired) electrons. The highest BCUT2D eigenvalue weighted by molar-refractivity contribution is 6.39. The van der Waals surface area contributed by atoms with Gasteiger partial charge in [0.15, 0.2) is 7.85 Å². The lowest BCUT2D eigenvalue weighted by molar-refractivity contribution is 0.525. The highest BCUT2D eigenvalue weighted by Gasteiger charge is 2.31. The number of rotatable bonds is 7. The van der Waals surface area contributed by atoms with Crippen LogP contribution in [0.2, 0.25) is 0 Å². The molecule has 0 aliphatic heterocycles. The number of hydrogen-bond acceptors (Lipinski definition) is 1. The molecule has 0 heterocycles. The Hall–Kier alpha value is -5.21. The van der Waals surface area contributed by atoms with Crippen molar-refractivity contribution >= 4 is 78.4 Å². The minimum absolute atomic E-state index is 0.335. The molecule has 0 saturated heterocycles.